The number of hydrogen-bond acceptors (Lipinski definition) is 3. The van der Waals surface area contributed by atoms with Gasteiger partial charge in [-0.15, -0.1) is 107 Å². The van der Waals surface area contributed by atoms with Gasteiger partial charge in [0.1, 0.15) is 0 Å². The second-order valence-electron chi connectivity index (χ2n) is 15.1. The molecular formula is C58H38IrN3. The van der Waals surface area contributed by atoms with E-state index in [1.165, 1.54) is 5.56 Å². The molecule has 0 amide bonds. The van der Waals surface area contributed by atoms with Gasteiger partial charge in [-0.1, -0.05) is 116 Å². The summed E-state index contributed by atoms with van der Waals surface area (Å²) < 4.78 is 0. The summed E-state index contributed by atoms with van der Waals surface area (Å²) in [4.78, 5) is 14.7. The molecule has 0 unspecified atom stereocenters. The Labute approximate surface area is 376 Å². The van der Waals surface area contributed by atoms with Crippen molar-refractivity contribution in [2.45, 2.75) is 6.92 Å². The molecule has 10 aromatic rings. The zero-order chi connectivity index (χ0) is 41.0. The summed E-state index contributed by atoms with van der Waals surface area (Å²) in [5.74, 6) is 0. The van der Waals surface area contributed by atoms with Crippen molar-refractivity contribution in [3.05, 3.63) is 236 Å². The molecule has 0 bridgehead atoms. The molecule has 62 heavy (non-hydrogen) atoms. The van der Waals surface area contributed by atoms with E-state index < -0.39 is 0 Å². The molecule has 0 atom stereocenters. The fourth-order valence-electron chi connectivity index (χ4n) is 7.96. The summed E-state index contributed by atoms with van der Waals surface area (Å²) >= 11 is 0. The zero-order valence-corrected chi connectivity index (χ0v) is 36.3. The van der Waals surface area contributed by atoms with Crippen LogP contribution in [0.15, 0.2) is 213 Å². The van der Waals surface area contributed by atoms with Crippen LogP contribution in [0.25, 0.3) is 101 Å². The van der Waals surface area contributed by atoms with Crippen molar-refractivity contribution >= 4 is 0 Å². The van der Waals surface area contributed by atoms with Crippen LogP contribution in [0.1, 0.15) is 5.56 Å². The Balaban J connectivity index is 0.00000490. The van der Waals surface area contributed by atoms with Crippen LogP contribution < -0.4 is 0 Å². The van der Waals surface area contributed by atoms with Gasteiger partial charge in [0.05, 0.1) is 0 Å². The molecule has 0 aliphatic heterocycles. The first-order valence-corrected chi connectivity index (χ1v) is 20.4. The van der Waals surface area contributed by atoms with Gasteiger partial charge >= 0.3 is 20.1 Å². The minimum atomic E-state index is 0. The van der Waals surface area contributed by atoms with Crippen molar-refractivity contribution in [1.29, 1.82) is 0 Å². The maximum Gasteiger partial charge on any atom is 3.00 e. The topological polar surface area (TPSA) is 38.7 Å². The maximum absolute atomic E-state index is 4.91. The molecule has 3 nitrogen and oxygen atoms in total. The number of hydrogen-bond donors (Lipinski definition) is 0. The summed E-state index contributed by atoms with van der Waals surface area (Å²) in [6.45, 7) is 2.07. The Hall–Kier alpha value is -7.36. The Morgan fingerprint density at radius 3 is 0.952 bits per heavy atom. The van der Waals surface area contributed by atoms with E-state index in [1.54, 1.807) is 0 Å². The number of nitrogens with zero attached hydrogens (tertiary/aromatic N) is 3. The predicted octanol–water partition coefficient (Wildman–Crippen LogP) is 14.6. The first-order chi connectivity index (χ1) is 30.1. The first-order valence-electron chi connectivity index (χ1n) is 20.4. The standard InChI is InChI=1S/C58H38N3.Ir/c1-40-24-26-43(27-25-40)58-33-30-46(39-61-58)52-20-10-13-23-55(52)49-35-47(53-21-11-8-18-50(53)44-28-31-56(59-37-44)41-14-4-2-5-15-41)34-48(36-49)54-22-12-9-19-51(54)45-29-32-57(60-38-45)42-16-6-3-7-17-42;/h2-14,16,18-26,28-39H,1H3;/q-3;+3. The first kappa shape index (κ1) is 40.1. The summed E-state index contributed by atoms with van der Waals surface area (Å²) in [6.07, 6.45) is 5.92. The van der Waals surface area contributed by atoms with Crippen molar-refractivity contribution in [2.24, 2.45) is 0 Å². The Kier molecular flexibility index (Phi) is 11.7. The van der Waals surface area contributed by atoms with Crippen LogP contribution in [-0.2, 0) is 20.1 Å². The number of pyridine rings is 3. The van der Waals surface area contributed by atoms with E-state index in [4.69, 9.17) is 15.0 Å². The Bertz CT molecular complexity index is 2950. The predicted molar refractivity (Wildman–Crippen MR) is 250 cm³/mol. The molecule has 4 heteroatoms. The van der Waals surface area contributed by atoms with E-state index >= 15 is 0 Å². The second kappa shape index (κ2) is 18.1. The molecular weight excluding hydrogens is 931 g/mol. The zero-order valence-electron chi connectivity index (χ0n) is 33.9. The third-order valence-electron chi connectivity index (χ3n) is 11.1. The Morgan fingerprint density at radius 1 is 0.323 bits per heavy atom. The SMILES string of the molecule is Cc1c[c-]c(-c2ccc(-c3ccccc3-c3cc(-c4ccccc4-c4ccc(-c5[c-]cccc5)nc4)cc(-c4ccccc4-c4ccc(-c5[c-]cccc5)nc4)c3)cn2)cc1.[Ir+3]. The van der Waals surface area contributed by atoms with E-state index in [-0.39, 0.29) is 20.1 Å². The van der Waals surface area contributed by atoms with E-state index in [2.05, 4.69) is 165 Å². The molecule has 3 heterocycles. The van der Waals surface area contributed by atoms with Crippen molar-refractivity contribution < 1.29 is 20.1 Å². The Morgan fingerprint density at radius 2 is 0.661 bits per heavy atom. The van der Waals surface area contributed by atoms with Gasteiger partial charge in [-0.2, -0.15) is 0 Å². The van der Waals surface area contributed by atoms with Crippen LogP contribution in [0.4, 0.5) is 0 Å². The van der Waals surface area contributed by atoms with Crippen LogP contribution in [0, 0.1) is 25.1 Å². The van der Waals surface area contributed by atoms with Gasteiger partial charge in [-0.05, 0) is 102 Å². The van der Waals surface area contributed by atoms with Crippen molar-refractivity contribution in [1.82, 2.24) is 15.0 Å². The van der Waals surface area contributed by atoms with Gasteiger partial charge in [0.25, 0.3) is 0 Å². The second-order valence-corrected chi connectivity index (χ2v) is 15.1. The third kappa shape index (κ3) is 8.35. The van der Waals surface area contributed by atoms with Crippen molar-refractivity contribution in [3.63, 3.8) is 0 Å². The molecule has 0 radical (unpaired) electrons. The van der Waals surface area contributed by atoms with E-state index in [1.807, 2.05) is 73.2 Å². The largest absolute Gasteiger partial charge is 3.00 e. The normalized spacial score (nSPS) is 10.9. The summed E-state index contributed by atoms with van der Waals surface area (Å²) in [7, 11) is 0. The van der Waals surface area contributed by atoms with Crippen molar-refractivity contribution in [2.75, 3.05) is 0 Å². The van der Waals surface area contributed by atoms with Gasteiger partial charge in [-0.25, -0.2) is 0 Å². The van der Waals surface area contributed by atoms with Gasteiger partial charge in [-0.3, -0.25) is 0 Å². The van der Waals surface area contributed by atoms with E-state index in [0.717, 1.165) is 101 Å². The molecule has 10 rings (SSSR count). The molecule has 3 aromatic heterocycles. The number of aromatic nitrogens is 3. The molecule has 0 aliphatic carbocycles. The van der Waals surface area contributed by atoms with Crippen molar-refractivity contribution in [3.8, 4) is 101 Å². The average molecular weight is 969 g/mol. The van der Waals surface area contributed by atoms with E-state index in [9.17, 15) is 0 Å². The number of aryl methyl sites for hydroxylation is 1. The molecule has 0 saturated heterocycles. The quantitative estimate of drug-likeness (QED) is 0.135. The van der Waals surface area contributed by atoms with Gasteiger partial charge in [0.2, 0.25) is 0 Å². The summed E-state index contributed by atoms with van der Waals surface area (Å²) in [5, 5.41) is 0. The summed E-state index contributed by atoms with van der Waals surface area (Å²) in [6, 6.07) is 77.6. The van der Waals surface area contributed by atoms with Crippen LogP contribution in [-0.4, -0.2) is 15.0 Å². The molecule has 0 aliphatic rings. The monoisotopic (exact) mass is 969 g/mol. The molecule has 7 aromatic carbocycles. The fourth-order valence-corrected chi connectivity index (χ4v) is 7.96. The maximum atomic E-state index is 4.91. The molecule has 0 N–H and O–H groups in total. The minimum Gasteiger partial charge on any atom is -0.304 e. The smallest absolute Gasteiger partial charge is 0.304 e. The summed E-state index contributed by atoms with van der Waals surface area (Å²) in [5.41, 5.74) is 19.9. The average Bonchev–Trinajstić information content (AvgIpc) is 3.35. The number of benzene rings is 7. The van der Waals surface area contributed by atoms with Gasteiger partial charge in [0.15, 0.2) is 0 Å². The van der Waals surface area contributed by atoms with Crippen LogP contribution >= 0.6 is 0 Å². The van der Waals surface area contributed by atoms with Gasteiger partial charge in [0, 0.05) is 18.6 Å². The third-order valence-corrected chi connectivity index (χ3v) is 11.1. The molecule has 0 saturated carbocycles. The molecule has 0 fully saturated rings. The van der Waals surface area contributed by atoms with Crippen LogP contribution in [0.3, 0.4) is 0 Å². The molecule has 294 valence electrons. The van der Waals surface area contributed by atoms with E-state index in [0.29, 0.717) is 0 Å². The van der Waals surface area contributed by atoms with Gasteiger partial charge < -0.3 is 15.0 Å². The number of rotatable bonds is 9. The fraction of sp³-hybridized carbons (Fsp3) is 0.0172. The van der Waals surface area contributed by atoms with Crippen LogP contribution in [0.5, 0.6) is 0 Å². The van der Waals surface area contributed by atoms with Crippen LogP contribution in [0.2, 0.25) is 0 Å². The minimum absolute atomic E-state index is 0. The molecule has 0 spiro atoms.